The minimum atomic E-state index is -0.706. The standard InChI is InChI=1S/C33H34FN7O3/c1-33(2,3)21-14-20-18-36-41(32(44)29(20)23(34)15-21)27-9-6-8-22(30(27)42)24-16-25(31(43)40(5)38-24)37-28-12-11-19(17-35-28)26-10-7-13-39(26)4/h6,8-9,11-12,14-18,26,42H,7,10,13H2,1-5H3,(H,35,37). The van der Waals surface area contributed by atoms with Crippen molar-refractivity contribution in [3.63, 3.8) is 0 Å². The number of rotatable bonds is 5. The van der Waals surface area contributed by atoms with Gasteiger partial charge in [0.2, 0.25) is 0 Å². The number of fused-ring (bicyclic) bond motifs is 1. The van der Waals surface area contributed by atoms with Crippen LogP contribution in [0.1, 0.15) is 50.8 Å². The Morgan fingerprint density at radius 2 is 1.82 bits per heavy atom. The smallest absolute Gasteiger partial charge is 0.290 e. The van der Waals surface area contributed by atoms with E-state index in [1.54, 1.807) is 18.2 Å². The summed E-state index contributed by atoms with van der Waals surface area (Å²) >= 11 is 0. The molecule has 3 aromatic heterocycles. The number of nitrogens with one attached hydrogen (secondary N) is 1. The Labute approximate surface area is 253 Å². The van der Waals surface area contributed by atoms with Crippen LogP contribution < -0.4 is 16.4 Å². The average molecular weight is 596 g/mol. The first-order valence-electron chi connectivity index (χ1n) is 14.5. The molecule has 44 heavy (non-hydrogen) atoms. The van der Waals surface area contributed by atoms with Gasteiger partial charge in [-0.3, -0.25) is 14.5 Å². The second-order valence-corrected chi connectivity index (χ2v) is 12.3. The monoisotopic (exact) mass is 595 g/mol. The Hall–Kier alpha value is -4.90. The molecule has 0 saturated carbocycles. The first-order chi connectivity index (χ1) is 20.9. The number of phenolic OH excluding ortho intramolecular Hbond substituents is 1. The highest BCUT2D eigenvalue weighted by atomic mass is 19.1. The predicted octanol–water partition coefficient (Wildman–Crippen LogP) is 5.19. The molecule has 0 aliphatic carbocycles. The third kappa shape index (κ3) is 5.24. The van der Waals surface area contributed by atoms with Crippen LogP contribution in [0.25, 0.3) is 27.7 Å². The van der Waals surface area contributed by atoms with Crippen molar-refractivity contribution < 1.29 is 9.50 Å². The minimum absolute atomic E-state index is 0.0491. The van der Waals surface area contributed by atoms with Gasteiger partial charge in [-0.1, -0.05) is 32.9 Å². The van der Waals surface area contributed by atoms with Gasteiger partial charge in [0.05, 0.1) is 17.3 Å². The molecule has 1 aliphatic heterocycles. The van der Waals surface area contributed by atoms with Crippen molar-refractivity contribution in [3.8, 4) is 22.7 Å². The third-order valence-electron chi connectivity index (χ3n) is 8.24. The van der Waals surface area contributed by atoms with E-state index in [2.05, 4.69) is 32.4 Å². The number of aromatic nitrogens is 5. The normalized spacial score (nSPS) is 15.6. The summed E-state index contributed by atoms with van der Waals surface area (Å²) in [6.45, 7) is 6.93. The minimum Gasteiger partial charge on any atom is -0.505 e. The highest BCUT2D eigenvalue weighted by molar-refractivity contribution is 5.83. The fourth-order valence-electron chi connectivity index (χ4n) is 5.72. The molecule has 1 unspecified atom stereocenters. The number of aromatic hydroxyl groups is 1. The first kappa shape index (κ1) is 29.2. The number of likely N-dealkylation sites (tertiary alicyclic amines) is 1. The number of benzene rings is 2. The summed E-state index contributed by atoms with van der Waals surface area (Å²) in [5, 5.41) is 23.3. The fourth-order valence-corrected chi connectivity index (χ4v) is 5.72. The molecule has 5 aromatic rings. The van der Waals surface area contributed by atoms with E-state index in [0.717, 1.165) is 39.9 Å². The van der Waals surface area contributed by atoms with Crippen LogP contribution >= 0.6 is 0 Å². The van der Waals surface area contributed by atoms with Crippen LogP contribution in [-0.4, -0.2) is 48.1 Å². The number of aryl methyl sites for hydroxylation is 1. The lowest BCUT2D eigenvalue weighted by atomic mass is 9.86. The molecule has 11 heteroatoms. The topological polar surface area (TPSA) is 118 Å². The van der Waals surface area contributed by atoms with Gasteiger partial charge in [0.15, 0.2) is 5.75 Å². The molecule has 1 aliphatic rings. The molecule has 10 nitrogen and oxygen atoms in total. The van der Waals surface area contributed by atoms with Crippen LogP contribution in [0.5, 0.6) is 5.75 Å². The van der Waals surface area contributed by atoms with E-state index in [4.69, 9.17) is 0 Å². The molecule has 2 N–H and O–H groups in total. The molecule has 1 saturated heterocycles. The second-order valence-electron chi connectivity index (χ2n) is 12.3. The van der Waals surface area contributed by atoms with Crippen molar-refractivity contribution in [2.45, 2.75) is 45.1 Å². The molecule has 1 atom stereocenters. The summed E-state index contributed by atoms with van der Waals surface area (Å²) in [5.74, 6) is -0.463. The van der Waals surface area contributed by atoms with E-state index in [1.807, 2.05) is 39.1 Å². The van der Waals surface area contributed by atoms with Crippen molar-refractivity contribution in [2.24, 2.45) is 7.05 Å². The number of hydrogen-bond acceptors (Lipinski definition) is 8. The van der Waals surface area contributed by atoms with Gasteiger partial charge in [0.25, 0.3) is 11.1 Å². The molecule has 0 bridgehead atoms. The Morgan fingerprint density at radius 3 is 2.50 bits per heavy atom. The molecule has 226 valence electrons. The largest absolute Gasteiger partial charge is 0.505 e. The van der Waals surface area contributed by atoms with Crippen LogP contribution in [0.3, 0.4) is 0 Å². The highest BCUT2D eigenvalue weighted by Crippen LogP contribution is 2.34. The van der Waals surface area contributed by atoms with Gasteiger partial charge in [-0.25, -0.2) is 14.1 Å². The zero-order valence-electron chi connectivity index (χ0n) is 25.3. The van der Waals surface area contributed by atoms with Gasteiger partial charge < -0.3 is 10.4 Å². The SMILES string of the molecule is CN1CCCC1c1ccc(Nc2cc(-c3cccc(-n4ncc5cc(C(C)(C)C)cc(F)c5c4=O)c3O)nn(C)c2=O)nc1. The molecular weight excluding hydrogens is 561 g/mol. The van der Waals surface area contributed by atoms with E-state index < -0.39 is 11.4 Å². The van der Waals surface area contributed by atoms with E-state index in [0.29, 0.717) is 17.2 Å². The van der Waals surface area contributed by atoms with E-state index in [-0.39, 0.29) is 44.7 Å². The van der Waals surface area contributed by atoms with E-state index >= 15 is 4.39 Å². The summed E-state index contributed by atoms with van der Waals surface area (Å²) in [7, 11) is 3.61. The highest BCUT2D eigenvalue weighted by Gasteiger charge is 2.23. The quantitative estimate of drug-likeness (QED) is 0.285. The average Bonchev–Trinajstić information content (AvgIpc) is 3.41. The number of pyridine rings is 1. The number of hydrogen-bond donors (Lipinski definition) is 2. The fraction of sp³-hybridized carbons (Fsp3) is 0.303. The molecule has 6 rings (SSSR count). The van der Waals surface area contributed by atoms with Crippen LogP contribution in [0.15, 0.2) is 70.5 Å². The maximum absolute atomic E-state index is 15.2. The van der Waals surface area contributed by atoms with E-state index in [1.165, 1.54) is 31.4 Å². The van der Waals surface area contributed by atoms with Gasteiger partial charge in [-0.2, -0.15) is 14.9 Å². The van der Waals surface area contributed by atoms with Crippen LogP contribution in [0.2, 0.25) is 0 Å². The molecular formula is C33H34FN7O3. The number of para-hydroxylation sites is 1. The summed E-state index contributed by atoms with van der Waals surface area (Å²) in [5.41, 5.74) is 1.23. The number of phenols is 1. The Balaban J connectivity index is 1.37. The van der Waals surface area contributed by atoms with Crippen LogP contribution in [-0.2, 0) is 12.5 Å². The summed E-state index contributed by atoms with van der Waals surface area (Å²) in [6.07, 6.45) is 5.45. The second kappa shape index (κ2) is 11.0. The molecule has 2 aromatic carbocycles. The Morgan fingerprint density at radius 1 is 1.02 bits per heavy atom. The lowest BCUT2D eigenvalue weighted by molar-refractivity contribution is 0.317. The van der Waals surface area contributed by atoms with Gasteiger partial charge >= 0.3 is 0 Å². The molecule has 0 radical (unpaired) electrons. The lowest BCUT2D eigenvalue weighted by Gasteiger charge is -2.20. The maximum atomic E-state index is 15.2. The first-order valence-corrected chi connectivity index (χ1v) is 14.5. The van der Waals surface area contributed by atoms with Gasteiger partial charge in [0, 0.05) is 30.2 Å². The maximum Gasteiger partial charge on any atom is 0.290 e. The van der Waals surface area contributed by atoms with Crippen LogP contribution in [0, 0.1) is 5.82 Å². The number of anilines is 2. The molecule has 4 heterocycles. The van der Waals surface area contributed by atoms with Crippen LogP contribution in [0.4, 0.5) is 15.9 Å². The zero-order valence-corrected chi connectivity index (χ0v) is 25.3. The predicted molar refractivity (Wildman–Crippen MR) is 168 cm³/mol. The van der Waals surface area contributed by atoms with Crippen molar-refractivity contribution in [1.82, 2.24) is 29.4 Å². The number of halogens is 1. The van der Waals surface area contributed by atoms with E-state index in [9.17, 15) is 14.7 Å². The Bertz CT molecular complexity index is 2010. The van der Waals surface area contributed by atoms with Gasteiger partial charge in [-0.05, 0) is 79.4 Å². The van der Waals surface area contributed by atoms with Gasteiger partial charge in [-0.15, -0.1) is 0 Å². The number of nitrogens with zero attached hydrogens (tertiary/aromatic N) is 6. The summed E-state index contributed by atoms with van der Waals surface area (Å²) in [6, 6.07) is 13.6. The van der Waals surface area contributed by atoms with Crippen molar-refractivity contribution in [3.05, 3.63) is 98.6 Å². The molecule has 0 spiro atoms. The zero-order chi connectivity index (χ0) is 31.3. The Kier molecular flexibility index (Phi) is 7.28. The summed E-state index contributed by atoms with van der Waals surface area (Å²) < 4.78 is 17.4. The lowest BCUT2D eigenvalue weighted by Crippen LogP contribution is -2.23. The molecule has 0 amide bonds. The van der Waals surface area contributed by atoms with Crippen molar-refractivity contribution in [2.75, 3.05) is 18.9 Å². The van der Waals surface area contributed by atoms with Crippen molar-refractivity contribution >= 4 is 22.3 Å². The third-order valence-corrected chi connectivity index (χ3v) is 8.24. The van der Waals surface area contributed by atoms with Gasteiger partial charge in [0.1, 0.15) is 23.0 Å². The summed E-state index contributed by atoms with van der Waals surface area (Å²) in [4.78, 5) is 33.3. The van der Waals surface area contributed by atoms with Crippen molar-refractivity contribution in [1.29, 1.82) is 0 Å². The molecule has 1 fully saturated rings.